The number of H-pyrrole nitrogens is 2. The maximum atomic E-state index is 13.4. The minimum atomic E-state index is -1.29. The highest BCUT2D eigenvalue weighted by Crippen LogP contribution is 2.07. The van der Waals surface area contributed by atoms with Crippen LogP contribution in [0.5, 0.6) is 0 Å². The van der Waals surface area contributed by atoms with Crippen molar-refractivity contribution < 1.29 is 29.4 Å². The Morgan fingerprint density at radius 3 is 1.74 bits per heavy atom. The van der Waals surface area contributed by atoms with E-state index in [0.29, 0.717) is 17.0 Å². The Bertz CT molecular complexity index is 1220. The molecule has 0 radical (unpaired) electrons. The standard InChI is InChI=1S/C25H32N8O6/c1-14(34)21(26)24(37)32-19(9-17-11-28-13-30-17)22(35)31-18(8-16-10-27-12-29-16)23(36)33-20(25(38)39)7-15-5-3-2-4-6-15/h2-6,10-14,18-21,34H,7-9,26H2,1H3,(H,27,29)(H,28,30)(H,31,35)(H,32,37)(H,33,36)(H,38,39). The Hall–Kier alpha value is -4.56. The quantitative estimate of drug-likeness (QED) is 0.118. The van der Waals surface area contributed by atoms with Crippen molar-refractivity contribution in [1.82, 2.24) is 35.9 Å². The first-order valence-electron chi connectivity index (χ1n) is 12.2. The van der Waals surface area contributed by atoms with E-state index < -0.39 is 54.0 Å². The van der Waals surface area contributed by atoms with E-state index in [0.717, 1.165) is 0 Å². The van der Waals surface area contributed by atoms with Crippen molar-refractivity contribution in [3.8, 4) is 0 Å². The second-order valence-corrected chi connectivity index (χ2v) is 9.04. The zero-order chi connectivity index (χ0) is 28.4. The van der Waals surface area contributed by atoms with Gasteiger partial charge in [-0.25, -0.2) is 14.8 Å². The lowest BCUT2D eigenvalue weighted by Gasteiger charge is -2.25. The monoisotopic (exact) mass is 540 g/mol. The molecular formula is C25H32N8O6. The van der Waals surface area contributed by atoms with Gasteiger partial charge in [0.15, 0.2) is 0 Å². The van der Waals surface area contributed by atoms with Crippen LogP contribution >= 0.6 is 0 Å². The smallest absolute Gasteiger partial charge is 0.326 e. The molecule has 208 valence electrons. The number of hydrogen-bond donors (Lipinski definition) is 8. The molecule has 0 fully saturated rings. The summed E-state index contributed by atoms with van der Waals surface area (Å²) in [5.74, 6) is -3.48. The number of aromatic nitrogens is 4. The molecule has 0 aliphatic carbocycles. The number of carboxylic acid groups (broad SMARTS) is 1. The molecule has 0 spiro atoms. The molecule has 14 heteroatoms. The van der Waals surface area contributed by atoms with Gasteiger partial charge in [-0.15, -0.1) is 0 Å². The first-order valence-corrected chi connectivity index (χ1v) is 12.2. The summed E-state index contributed by atoms with van der Waals surface area (Å²) in [7, 11) is 0. The van der Waals surface area contributed by atoms with E-state index in [2.05, 4.69) is 35.9 Å². The Labute approximate surface area is 223 Å². The van der Waals surface area contributed by atoms with Crippen LogP contribution in [0.25, 0.3) is 0 Å². The number of rotatable bonds is 14. The van der Waals surface area contributed by atoms with Crippen molar-refractivity contribution in [3.63, 3.8) is 0 Å². The molecule has 0 aliphatic heterocycles. The Morgan fingerprint density at radius 1 is 0.821 bits per heavy atom. The first kappa shape index (κ1) is 29.0. The van der Waals surface area contributed by atoms with E-state index in [1.807, 2.05) is 0 Å². The number of amides is 3. The number of nitrogens with two attached hydrogens (primary N) is 1. The largest absolute Gasteiger partial charge is 0.480 e. The van der Waals surface area contributed by atoms with Crippen LogP contribution in [0.3, 0.4) is 0 Å². The van der Waals surface area contributed by atoms with Gasteiger partial charge in [0.1, 0.15) is 24.2 Å². The van der Waals surface area contributed by atoms with Gasteiger partial charge in [0.05, 0.1) is 18.8 Å². The number of carbonyl (C=O) groups excluding carboxylic acids is 3. The predicted octanol–water partition coefficient (Wildman–Crippen LogP) is -1.59. The molecule has 2 aromatic heterocycles. The Balaban J connectivity index is 1.79. The fourth-order valence-corrected chi connectivity index (χ4v) is 3.73. The van der Waals surface area contributed by atoms with Crippen molar-refractivity contribution in [1.29, 1.82) is 0 Å². The van der Waals surface area contributed by atoms with E-state index in [1.165, 1.54) is 32.0 Å². The van der Waals surface area contributed by atoms with E-state index in [-0.39, 0.29) is 19.3 Å². The summed E-state index contributed by atoms with van der Waals surface area (Å²) in [6.45, 7) is 1.34. The summed E-state index contributed by atoms with van der Waals surface area (Å²) in [5.41, 5.74) is 7.46. The molecule has 5 atom stereocenters. The fraction of sp³-hybridized carbons (Fsp3) is 0.360. The van der Waals surface area contributed by atoms with Crippen LogP contribution < -0.4 is 21.7 Å². The molecular weight excluding hydrogens is 508 g/mol. The third kappa shape index (κ3) is 8.76. The number of aliphatic hydroxyl groups excluding tert-OH is 1. The minimum absolute atomic E-state index is 0.0196. The van der Waals surface area contributed by atoms with Crippen molar-refractivity contribution in [2.45, 2.75) is 56.5 Å². The average molecular weight is 541 g/mol. The van der Waals surface area contributed by atoms with Crippen LogP contribution in [0.4, 0.5) is 0 Å². The van der Waals surface area contributed by atoms with Crippen LogP contribution in [0, 0.1) is 0 Å². The number of carbonyl (C=O) groups is 4. The number of aliphatic carboxylic acids is 1. The van der Waals surface area contributed by atoms with Gasteiger partial charge in [-0.3, -0.25) is 14.4 Å². The molecule has 14 nitrogen and oxygen atoms in total. The lowest BCUT2D eigenvalue weighted by Crippen LogP contribution is -2.59. The number of aromatic amines is 2. The van der Waals surface area contributed by atoms with Crippen molar-refractivity contribution in [2.75, 3.05) is 0 Å². The first-order chi connectivity index (χ1) is 18.6. The van der Waals surface area contributed by atoms with Crippen LogP contribution in [-0.2, 0) is 38.4 Å². The van der Waals surface area contributed by atoms with E-state index >= 15 is 0 Å². The van der Waals surface area contributed by atoms with Crippen molar-refractivity contribution >= 4 is 23.7 Å². The SMILES string of the molecule is CC(O)C(N)C(=O)NC(Cc1cnc[nH]1)C(=O)NC(Cc1cnc[nH]1)C(=O)NC(Cc1ccccc1)C(=O)O. The number of carboxylic acids is 1. The van der Waals surface area contributed by atoms with Gasteiger partial charge < -0.3 is 41.9 Å². The van der Waals surface area contributed by atoms with Gasteiger partial charge in [-0.2, -0.15) is 0 Å². The Morgan fingerprint density at radius 2 is 1.31 bits per heavy atom. The summed E-state index contributed by atoms with van der Waals surface area (Å²) < 4.78 is 0. The predicted molar refractivity (Wildman–Crippen MR) is 138 cm³/mol. The Kier molecular flexibility index (Phi) is 10.3. The summed E-state index contributed by atoms with van der Waals surface area (Å²) >= 11 is 0. The molecule has 9 N–H and O–H groups in total. The van der Waals surface area contributed by atoms with E-state index in [9.17, 15) is 29.4 Å². The van der Waals surface area contributed by atoms with E-state index in [4.69, 9.17) is 5.73 Å². The van der Waals surface area contributed by atoms with E-state index in [1.54, 1.807) is 30.3 Å². The summed E-state index contributed by atoms with van der Waals surface area (Å²) in [5, 5.41) is 27.0. The van der Waals surface area contributed by atoms with Gasteiger partial charge in [-0.05, 0) is 12.5 Å². The highest BCUT2D eigenvalue weighted by molar-refractivity contribution is 5.94. The number of nitrogens with one attached hydrogen (secondary N) is 5. The molecule has 2 heterocycles. The number of hydrogen-bond acceptors (Lipinski definition) is 8. The molecule has 0 bridgehead atoms. The molecule has 3 amide bonds. The zero-order valence-corrected chi connectivity index (χ0v) is 21.2. The number of imidazole rings is 2. The minimum Gasteiger partial charge on any atom is -0.480 e. The maximum Gasteiger partial charge on any atom is 0.326 e. The topological polar surface area (TPSA) is 228 Å². The lowest BCUT2D eigenvalue weighted by atomic mass is 10.0. The van der Waals surface area contributed by atoms with Crippen LogP contribution in [0.2, 0.25) is 0 Å². The summed E-state index contributed by atoms with van der Waals surface area (Å²) in [6.07, 6.45) is 4.55. The molecule has 3 rings (SSSR count). The second-order valence-electron chi connectivity index (χ2n) is 9.04. The summed E-state index contributed by atoms with van der Waals surface area (Å²) in [6, 6.07) is 3.83. The molecule has 0 aliphatic rings. The molecule has 0 saturated carbocycles. The third-order valence-electron chi connectivity index (χ3n) is 5.94. The van der Waals surface area contributed by atoms with Gasteiger partial charge in [0, 0.05) is 43.0 Å². The second kappa shape index (κ2) is 13.8. The van der Waals surface area contributed by atoms with Gasteiger partial charge >= 0.3 is 5.97 Å². The van der Waals surface area contributed by atoms with Crippen molar-refractivity contribution in [3.05, 3.63) is 72.3 Å². The maximum absolute atomic E-state index is 13.4. The van der Waals surface area contributed by atoms with Crippen LogP contribution in [0.1, 0.15) is 23.9 Å². The van der Waals surface area contributed by atoms with Gasteiger partial charge in [-0.1, -0.05) is 30.3 Å². The normalized spacial score (nSPS) is 14.8. The van der Waals surface area contributed by atoms with Crippen LogP contribution in [-0.4, -0.2) is 84.1 Å². The zero-order valence-electron chi connectivity index (χ0n) is 21.2. The fourth-order valence-electron chi connectivity index (χ4n) is 3.73. The number of nitrogens with zero attached hydrogens (tertiary/aromatic N) is 2. The van der Waals surface area contributed by atoms with Crippen molar-refractivity contribution in [2.24, 2.45) is 5.73 Å². The lowest BCUT2D eigenvalue weighted by molar-refractivity contribution is -0.142. The number of benzene rings is 1. The molecule has 39 heavy (non-hydrogen) atoms. The molecule has 5 unspecified atom stereocenters. The average Bonchev–Trinajstić information content (AvgIpc) is 3.62. The highest BCUT2D eigenvalue weighted by atomic mass is 16.4. The molecule has 0 saturated heterocycles. The molecule has 3 aromatic rings. The van der Waals surface area contributed by atoms with Gasteiger partial charge in [0.25, 0.3) is 0 Å². The third-order valence-corrected chi connectivity index (χ3v) is 5.94. The van der Waals surface area contributed by atoms with Gasteiger partial charge in [0.2, 0.25) is 17.7 Å². The summed E-state index contributed by atoms with van der Waals surface area (Å²) in [4.78, 5) is 64.6. The molecule has 1 aromatic carbocycles. The highest BCUT2D eigenvalue weighted by Gasteiger charge is 2.32. The number of aliphatic hydroxyl groups is 1. The van der Waals surface area contributed by atoms with Crippen LogP contribution in [0.15, 0.2) is 55.4 Å².